The molecule has 2 heteroatoms. The third-order valence-corrected chi connectivity index (χ3v) is 1.52. The van der Waals surface area contributed by atoms with E-state index in [0.717, 1.165) is 17.0 Å². The first-order valence-electron chi connectivity index (χ1n) is 3.85. The van der Waals surface area contributed by atoms with Gasteiger partial charge in [0, 0.05) is 11.4 Å². The molecule has 0 aliphatic carbocycles. The molecule has 0 aromatic carbocycles. The molecule has 0 rings (SSSR count). The lowest BCUT2D eigenvalue weighted by atomic mass is 10.1. The molecule has 0 saturated heterocycles. The zero-order chi connectivity index (χ0) is 9.02. The van der Waals surface area contributed by atoms with E-state index in [1.807, 2.05) is 19.9 Å². The predicted molar refractivity (Wildman–Crippen MR) is 49.7 cm³/mol. The molecular weight excluding hydrogens is 136 g/mol. The molecule has 0 fully saturated rings. The summed E-state index contributed by atoms with van der Waals surface area (Å²) in [5, 5.41) is 0. The Morgan fingerprint density at radius 3 is 1.91 bits per heavy atom. The van der Waals surface area contributed by atoms with E-state index in [2.05, 4.69) is 13.8 Å². The lowest BCUT2D eigenvalue weighted by Crippen LogP contribution is -2.07. The van der Waals surface area contributed by atoms with Gasteiger partial charge in [0.1, 0.15) is 0 Å². The van der Waals surface area contributed by atoms with E-state index in [4.69, 9.17) is 11.5 Å². The van der Waals surface area contributed by atoms with E-state index in [-0.39, 0.29) is 0 Å². The van der Waals surface area contributed by atoms with Crippen LogP contribution >= 0.6 is 0 Å². The fraction of sp³-hybridized carbons (Fsp3) is 0.556. The van der Waals surface area contributed by atoms with E-state index in [1.54, 1.807) is 0 Å². The van der Waals surface area contributed by atoms with Crippen molar-refractivity contribution in [1.82, 2.24) is 0 Å². The van der Waals surface area contributed by atoms with Crippen molar-refractivity contribution in [3.05, 3.63) is 23.0 Å². The Morgan fingerprint density at radius 2 is 1.64 bits per heavy atom. The molecule has 2 nitrogen and oxygen atoms in total. The van der Waals surface area contributed by atoms with Gasteiger partial charge in [-0.15, -0.1) is 0 Å². The Morgan fingerprint density at radius 1 is 1.18 bits per heavy atom. The lowest BCUT2D eigenvalue weighted by molar-refractivity contribution is 0.748. The molecule has 0 aliphatic heterocycles. The van der Waals surface area contributed by atoms with Gasteiger partial charge in [0.05, 0.1) is 0 Å². The van der Waals surface area contributed by atoms with Crippen molar-refractivity contribution in [1.29, 1.82) is 0 Å². The Bertz CT molecular complexity index is 184. The summed E-state index contributed by atoms with van der Waals surface area (Å²) in [5.41, 5.74) is 14.1. The summed E-state index contributed by atoms with van der Waals surface area (Å²) >= 11 is 0. The highest BCUT2D eigenvalue weighted by atomic mass is 14.6. The molecule has 0 heterocycles. The van der Waals surface area contributed by atoms with Gasteiger partial charge in [-0.25, -0.2) is 0 Å². The highest BCUT2D eigenvalue weighted by molar-refractivity contribution is 5.24. The molecule has 0 saturated carbocycles. The van der Waals surface area contributed by atoms with Crippen LogP contribution < -0.4 is 11.5 Å². The topological polar surface area (TPSA) is 52.0 Å². The minimum Gasteiger partial charge on any atom is -0.402 e. The average Bonchev–Trinajstić information content (AvgIpc) is 1.84. The average molecular weight is 154 g/mol. The Kier molecular flexibility index (Phi) is 3.72. The van der Waals surface area contributed by atoms with Crippen LogP contribution in [0.5, 0.6) is 0 Å². The Labute approximate surface area is 69.0 Å². The summed E-state index contributed by atoms with van der Waals surface area (Å²) in [6.07, 6.45) is 1.90. The van der Waals surface area contributed by atoms with Gasteiger partial charge in [-0.05, 0) is 31.4 Å². The number of allylic oxidation sites excluding steroid dienone is 4. The third-order valence-electron chi connectivity index (χ3n) is 1.52. The molecule has 0 aromatic heterocycles. The highest BCUT2D eigenvalue weighted by Gasteiger charge is 1.99. The zero-order valence-corrected chi connectivity index (χ0v) is 7.81. The van der Waals surface area contributed by atoms with Crippen LogP contribution in [0.4, 0.5) is 0 Å². The number of nitrogens with two attached hydrogens (primary N) is 2. The summed E-state index contributed by atoms with van der Waals surface area (Å²) in [5.74, 6) is 0.394. The van der Waals surface area contributed by atoms with Crippen LogP contribution in [-0.4, -0.2) is 0 Å². The number of hydrogen-bond acceptors (Lipinski definition) is 2. The van der Waals surface area contributed by atoms with Crippen LogP contribution in [0.3, 0.4) is 0 Å². The molecule has 0 amide bonds. The van der Waals surface area contributed by atoms with Crippen LogP contribution in [0.1, 0.15) is 27.7 Å². The third kappa shape index (κ3) is 3.71. The van der Waals surface area contributed by atoms with Crippen molar-refractivity contribution in [2.45, 2.75) is 27.7 Å². The van der Waals surface area contributed by atoms with Crippen molar-refractivity contribution in [3.8, 4) is 0 Å². The molecule has 0 radical (unpaired) electrons. The van der Waals surface area contributed by atoms with Crippen molar-refractivity contribution in [3.63, 3.8) is 0 Å². The molecule has 64 valence electrons. The molecular formula is C9H18N2. The molecule has 0 spiro atoms. The smallest absolute Gasteiger partial charge is 0.0137 e. The van der Waals surface area contributed by atoms with Crippen molar-refractivity contribution >= 4 is 0 Å². The van der Waals surface area contributed by atoms with Crippen LogP contribution in [0, 0.1) is 5.92 Å². The second kappa shape index (κ2) is 4.06. The quantitative estimate of drug-likeness (QED) is 0.595. The van der Waals surface area contributed by atoms with Crippen molar-refractivity contribution < 1.29 is 0 Å². The molecule has 4 N–H and O–H groups in total. The summed E-state index contributed by atoms with van der Waals surface area (Å²) < 4.78 is 0. The van der Waals surface area contributed by atoms with Crippen molar-refractivity contribution in [2.75, 3.05) is 0 Å². The van der Waals surface area contributed by atoms with E-state index in [9.17, 15) is 0 Å². The van der Waals surface area contributed by atoms with E-state index < -0.39 is 0 Å². The monoisotopic (exact) mass is 154 g/mol. The number of hydrogen-bond donors (Lipinski definition) is 2. The SMILES string of the molecule is C/C(N)=C/C(C)=C(\N)C(C)C. The Hall–Kier alpha value is -0.920. The Balaban J connectivity index is 4.54. The highest BCUT2D eigenvalue weighted by Crippen LogP contribution is 2.10. The summed E-state index contributed by atoms with van der Waals surface area (Å²) in [6.45, 7) is 7.97. The van der Waals surface area contributed by atoms with E-state index >= 15 is 0 Å². The minimum atomic E-state index is 0.394. The molecule has 0 atom stereocenters. The fourth-order valence-electron chi connectivity index (χ4n) is 0.880. The van der Waals surface area contributed by atoms with Crippen LogP contribution in [0.15, 0.2) is 23.0 Å². The van der Waals surface area contributed by atoms with Gasteiger partial charge in [0.15, 0.2) is 0 Å². The maximum Gasteiger partial charge on any atom is 0.0137 e. The van der Waals surface area contributed by atoms with Gasteiger partial charge in [0.2, 0.25) is 0 Å². The largest absolute Gasteiger partial charge is 0.402 e. The summed E-state index contributed by atoms with van der Waals surface area (Å²) in [7, 11) is 0. The van der Waals surface area contributed by atoms with Gasteiger partial charge in [-0.1, -0.05) is 13.8 Å². The molecule has 0 bridgehead atoms. The minimum absolute atomic E-state index is 0.394. The first-order chi connectivity index (χ1) is 4.95. The van der Waals surface area contributed by atoms with Gasteiger partial charge in [-0.3, -0.25) is 0 Å². The van der Waals surface area contributed by atoms with Gasteiger partial charge >= 0.3 is 0 Å². The first-order valence-corrected chi connectivity index (χ1v) is 3.85. The second-order valence-corrected chi connectivity index (χ2v) is 3.18. The molecule has 0 aromatic rings. The normalized spacial score (nSPS) is 15.2. The zero-order valence-electron chi connectivity index (χ0n) is 7.81. The fourth-order valence-corrected chi connectivity index (χ4v) is 0.880. The van der Waals surface area contributed by atoms with Gasteiger partial charge in [-0.2, -0.15) is 0 Å². The second-order valence-electron chi connectivity index (χ2n) is 3.18. The molecule has 0 aliphatic rings. The van der Waals surface area contributed by atoms with Crippen LogP contribution in [-0.2, 0) is 0 Å². The number of rotatable bonds is 2. The maximum atomic E-state index is 5.79. The maximum absolute atomic E-state index is 5.79. The summed E-state index contributed by atoms with van der Waals surface area (Å²) in [6, 6.07) is 0. The predicted octanol–water partition coefficient (Wildman–Crippen LogP) is 1.74. The molecule has 0 unspecified atom stereocenters. The van der Waals surface area contributed by atoms with Crippen LogP contribution in [0.25, 0.3) is 0 Å². The van der Waals surface area contributed by atoms with Gasteiger partial charge in [0.25, 0.3) is 0 Å². The van der Waals surface area contributed by atoms with E-state index in [1.165, 1.54) is 0 Å². The molecule has 11 heavy (non-hydrogen) atoms. The van der Waals surface area contributed by atoms with Crippen LogP contribution in [0.2, 0.25) is 0 Å². The van der Waals surface area contributed by atoms with E-state index in [0.29, 0.717) is 5.92 Å². The summed E-state index contributed by atoms with van der Waals surface area (Å²) in [4.78, 5) is 0. The standard InChI is InChI=1S/C9H18N2/c1-6(2)9(11)7(3)5-8(4)10/h5-6H,10-11H2,1-4H3/b8-5-,9-7-. The first kappa shape index (κ1) is 10.1. The van der Waals surface area contributed by atoms with Gasteiger partial charge < -0.3 is 11.5 Å². The van der Waals surface area contributed by atoms with Crippen molar-refractivity contribution in [2.24, 2.45) is 17.4 Å². The lowest BCUT2D eigenvalue weighted by Gasteiger charge is -2.07.